The Morgan fingerprint density at radius 1 is 0.541 bits per heavy atom. The fraction of sp³-hybridized carbons (Fsp3) is 0.0968. The Hall–Kier alpha value is -4.84. The van der Waals surface area contributed by atoms with Crippen molar-refractivity contribution < 1.29 is 19.8 Å². The minimum atomic E-state index is -0.879. The van der Waals surface area contributed by atoms with Gasteiger partial charge >= 0.3 is 11.9 Å². The maximum atomic E-state index is 10.2. The number of carboxylic acid groups (broad SMARTS) is 2. The molecule has 0 aromatic heterocycles. The van der Waals surface area contributed by atoms with Crippen LogP contribution in [0.1, 0.15) is 46.0 Å². The van der Waals surface area contributed by atoms with Gasteiger partial charge in [0.25, 0.3) is 0 Å². The van der Waals surface area contributed by atoms with Crippen LogP contribution in [0.2, 0.25) is 0 Å². The van der Waals surface area contributed by atoms with Crippen LogP contribution in [-0.2, 0) is 0 Å². The summed E-state index contributed by atoms with van der Waals surface area (Å²) in [4.78, 5) is 20.4. The van der Waals surface area contributed by atoms with Gasteiger partial charge in [0.2, 0.25) is 0 Å². The van der Waals surface area contributed by atoms with Gasteiger partial charge in [0.1, 0.15) is 0 Å². The standard InChI is InChI=1S/C17H18N2.2C7H6O2/c1-13(18)7-12-17(19)16-10-8-15(9-11-16)14-5-3-2-4-6-14;2*8-7(9)6-4-2-1-3-5-6/h2-6,8-11,18-19H,7,12H2,1H3;2*1-5H,(H,8,9). The maximum Gasteiger partial charge on any atom is 0.335 e. The summed E-state index contributed by atoms with van der Waals surface area (Å²) in [5.74, 6) is -1.76. The molecule has 0 amide bonds. The van der Waals surface area contributed by atoms with Crippen molar-refractivity contribution in [1.29, 1.82) is 10.8 Å². The number of aromatic carboxylic acids is 2. The van der Waals surface area contributed by atoms with Gasteiger partial charge in [0.15, 0.2) is 0 Å². The highest BCUT2D eigenvalue weighted by molar-refractivity contribution is 6.00. The van der Waals surface area contributed by atoms with Gasteiger partial charge in [-0.25, -0.2) is 9.59 Å². The minimum Gasteiger partial charge on any atom is -0.478 e. The zero-order chi connectivity index (χ0) is 27.0. The SMILES string of the molecule is CC(=N)CCC(=N)c1ccc(-c2ccccc2)cc1.O=C(O)c1ccccc1.O=C(O)c1ccccc1. The second kappa shape index (κ2) is 15.2. The van der Waals surface area contributed by atoms with Gasteiger partial charge in [-0.2, -0.15) is 0 Å². The van der Waals surface area contributed by atoms with Gasteiger partial charge in [-0.15, -0.1) is 0 Å². The molecule has 0 fully saturated rings. The van der Waals surface area contributed by atoms with Crippen LogP contribution in [0.5, 0.6) is 0 Å². The summed E-state index contributed by atoms with van der Waals surface area (Å²) < 4.78 is 0. The number of hydrogen-bond acceptors (Lipinski definition) is 4. The van der Waals surface area contributed by atoms with E-state index in [1.807, 2.05) is 30.3 Å². The minimum absolute atomic E-state index is 0.331. The maximum absolute atomic E-state index is 10.2. The summed E-state index contributed by atoms with van der Waals surface area (Å²) in [6.07, 6.45) is 1.30. The number of nitrogens with one attached hydrogen (secondary N) is 2. The van der Waals surface area contributed by atoms with Crippen molar-refractivity contribution in [1.82, 2.24) is 0 Å². The Morgan fingerprint density at radius 2 is 0.919 bits per heavy atom. The zero-order valence-corrected chi connectivity index (χ0v) is 20.6. The molecule has 0 saturated heterocycles. The van der Waals surface area contributed by atoms with Crippen molar-refractivity contribution in [2.24, 2.45) is 0 Å². The summed E-state index contributed by atoms with van der Waals surface area (Å²) in [7, 11) is 0. The Bertz CT molecular complexity index is 1240. The van der Waals surface area contributed by atoms with Gasteiger partial charge in [0.05, 0.1) is 11.1 Å². The third-order valence-electron chi connectivity index (χ3n) is 5.13. The lowest BCUT2D eigenvalue weighted by atomic mass is 10.00. The van der Waals surface area contributed by atoms with Crippen LogP contribution in [0.15, 0.2) is 115 Å². The van der Waals surface area contributed by atoms with Crippen molar-refractivity contribution in [2.75, 3.05) is 0 Å². The van der Waals surface area contributed by atoms with E-state index in [1.165, 1.54) is 11.1 Å². The molecule has 4 rings (SSSR count). The largest absolute Gasteiger partial charge is 0.478 e. The van der Waals surface area contributed by atoms with Crippen molar-refractivity contribution in [3.8, 4) is 11.1 Å². The first-order valence-electron chi connectivity index (χ1n) is 11.6. The van der Waals surface area contributed by atoms with Crippen molar-refractivity contribution in [3.63, 3.8) is 0 Å². The first kappa shape index (κ1) is 28.4. The molecule has 4 aromatic rings. The number of rotatable bonds is 7. The predicted octanol–water partition coefficient (Wildman–Crippen LogP) is 7.31. The fourth-order valence-corrected chi connectivity index (χ4v) is 3.11. The highest BCUT2D eigenvalue weighted by Gasteiger charge is 2.03. The number of benzene rings is 4. The monoisotopic (exact) mass is 494 g/mol. The molecule has 0 radical (unpaired) electrons. The number of carbonyl (C=O) groups is 2. The second-order valence-corrected chi connectivity index (χ2v) is 8.04. The molecule has 188 valence electrons. The quantitative estimate of drug-likeness (QED) is 0.201. The van der Waals surface area contributed by atoms with E-state index in [0.717, 1.165) is 5.56 Å². The Balaban J connectivity index is 0.000000222. The van der Waals surface area contributed by atoms with E-state index in [-0.39, 0.29) is 0 Å². The lowest BCUT2D eigenvalue weighted by Gasteiger charge is -2.06. The average molecular weight is 495 g/mol. The molecular formula is C31H30N2O4. The van der Waals surface area contributed by atoms with Gasteiger partial charge in [-0.1, -0.05) is 91.0 Å². The van der Waals surface area contributed by atoms with E-state index < -0.39 is 11.9 Å². The van der Waals surface area contributed by atoms with Gasteiger partial charge in [-0.05, 0) is 60.7 Å². The van der Waals surface area contributed by atoms with E-state index in [4.69, 9.17) is 21.0 Å². The highest BCUT2D eigenvalue weighted by atomic mass is 16.4. The molecular weight excluding hydrogens is 464 g/mol. The molecule has 0 aliphatic carbocycles. The zero-order valence-electron chi connectivity index (χ0n) is 20.6. The van der Waals surface area contributed by atoms with E-state index >= 15 is 0 Å². The lowest BCUT2D eigenvalue weighted by Crippen LogP contribution is -2.01. The molecule has 4 N–H and O–H groups in total. The normalized spacial score (nSPS) is 9.54. The third-order valence-corrected chi connectivity index (χ3v) is 5.13. The van der Waals surface area contributed by atoms with Crippen LogP contribution >= 0.6 is 0 Å². The molecule has 0 aliphatic rings. The van der Waals surface area contributed by atoms with Crippen LogP contribution in [0.25, 0.3) is 11.1 Å². The van der Waals surface area contributed by atoms with Crippen LogP contribution in [-0.4, -0.2) is 33.6 Å². The molecule has 0 unspecified atom stereocenters. The Kier molecular flexibility index (Phi) is 11.7. The molecule has 0 aliphatic heterocycles. The molecule has 0 atom stereocenters. The summed E-state index contributed by atoms with van der Waals surface area (Å²) in [6.45, 7) is 1.78. The number of carboxylic acids is 2. The molecule has 0 heterocycles. The molecule has 6 nitrogen and oxygen atoms in total. The van der Waals surface area contributed by atoms with Gasteiger partial charge < -0.3 is 21.0 Å². The average Bonchev–Trinajstić information content (AvgIpc) is 2.94. The molecule has 37 heavy (non-hydrogen) atoms. The molecule has 4 aromatic carbocycles. The van der Waals surface area contributed by atoms with Gasteiger partial charge in [-0.3, -0.25) is 0 Å². The van der Waals surface area contributed by atoms with Crippen LogP contribution in [0.3, 0.4) is 0 Å². The van der Waals surface area contributed by atoms with Crippen molar-refractivity contribution in [3.05, 3.63) is 132 Å². The highest BCUT2D eigenvalue weighted by Crippen LogP contribution is 2.19. The van der Waals surface area contributed by atoms with E-state index in [0.29, 0.717) is 35.4 Å². The van der Waals surface area contributed by atoms with E-state index in [1.54, 1.807) is 67.6 Å². The first-order chi connectivity index (χ1) is 17.8. The first-order valence-corrected chi connectivity index (χ1v) is 11.6. The smallest absolute Gasteiger partial charge is 0.335 e. The van der Waals surface area contributed by atoms with Crippen molar-refractivity contribution >= 4 is 23.4 Å². The Labute approximate surface area is 216 Å². The van der Waals surface area contributed by atoms with E-state index in [9.17, 15) is 9.59 Å². The summed E-state index contributed by atoms with van der Waals surface area (Å²) in [6, 6.07) is 34.9. The van der Waals surface area contributed by atoms with Crippen LogP contribution in [0, 0.1) is 10.8 Å². The van der Waals surface area contributed by atoms with Gasteiger partial charge in [0, 0.05) is 11.4 Å². The van der Waals surface area contributed by atoms with E-state index in [2.05, 4.69) is 24.3 Å². The summed E-state index contributed by atoms with van der Waals surface area (Å²) in [5, 5.41) is 32.2. The predicted molar refractivity (Wildman–Crippen MR) is 148 cm³/mol. The Morgan fingerprint density at radius 3 is 1.27 bits per heavy atom. The lowest BCUT2D eigenvalue weighted by molar-refractivity contribution is 0.0686. The molecule has 0 saturated carbocycles. The third kappa shape index (κ3) is 10.5. The topological polar surface area (TPSA) is 122 Å². The summed E-state index contributed by atoms with van der Waals surface area (Å²) in [5.41, 5.74) is 5.20. The van der Waals surface area contributed by atoms with Crippen molar-refractivity contribution in [2.45, 2.75) is 19.8 Å². The molecule has 0 spiro atoms. The second-order valence-electron chi connectivity index (χ2n) is 8.04. The fourth-order valence-electron chi connectivity index (χ4n) is 3.11. The molecule has 0 bridgehead atoms. The van der Waals surface area contributed by atoms with Crippen LogP contribution < -0.4 is 0 Å². The molecule has 6 heteroatoms. The number of hydrogen-bond donors (Lipinski definition) is 4. The summed E-state index contributed by atoms with van der Waals surface area (Å²) >= 11 is 0. The van der Waals surface area contributed by atoms with Crippen LogP contribution in [0.4, 0.5) is 0 Å².